The lowest BCUT2D eigenvalue weighted by atomic mass is 10.0. The van der Waals surface area contributed by atoms with Crippen LogP contribution in [0.25, 0.3) is 0 Å². The highest BCUT2D eigenvalue weighted by molar-refractivity contribution is 6.00. The fourth-order valence-corrected chi connectivity index (χ4v) is 4.83. The van der Waals surface area contributed by atoms with Gasteiger partial charge in [-0.1, -0.05) is 12.1 Å². The highest BCUT2D eigenvalue weighted by atomic mass is 16.5. The van der Waals surface area contributed by atoms with E-state index in [9.17, 15) is 14.7 Å². The first kappa shape index (κ1) is 29.0. The molecule has 3 N–H and O–H groups in total. The number of aryl methyl sites for hydroxylation is 2. The van der Waals surface area contributed by atoms with Crippen molar-refractivity contribution in [3.8, 4) is 5.75 Å². The van der Waals surface area contributed by atoms with E-state index in [4.69, 9.17) is 9.26 Å². The summed E-state index contributed by atoms with van der Waals surface area (Å²) in [7, 11) is 2.04. The van der Waals surface area contributed by atoms with E-state index in [1.54, 1.807) is 49.3 Å². The molecule has 11 heteroatoms. The van der Waals surface area contributed by atoms with Gasteiger partial charge in [0.05, 0.1) is 19.1 Å². The molecule has 0 bridgehead atoms. The van der Waals surface area contributed by atoms with Crippen LogP contribution in [0.4, 0.5) is 16.2 Å². The summed E-state index contributed by atoms with van der Waals surface area (Å²) in [5.41, 5.74) is 3.41. The SMILES string of the molecule is Cc1noc(C)c1NC(=O)Nc1ccc2c(c1)CC(=O)N([C@H](C)CO)C[C@H](C)[C@@H](CN(C)Cc1ccncc1)O2. The minimum atomic E-state index is -0.454. The van der Waals surface area contributed by atoms with E-state index in [2.05, 4.69) is 32.6 Å². The van der Waals surface area contributed by atoms with Gasteiger partial charge in [-0.3, -0.25) is 14.7 Å². The highest BCUT2D eigenvalue weighted by Crippen LogP contribution is 2.29. The number of pyridine rings is 1. The molecule has 0 unspecified atom stereocenters. The third kappa shape index (κ3) is 7.16. The second-order valence-electron chi connectivity index (χ2n) is 10.5. The van der Waals surface area contributed by atoms with Crippen LogP contribution in [0.2, 0.25) is 0 Å². The highest BCUT2D eigenvalue weighted by Gasteiger charge is 2.31. The molecule has 11 nitrogen and oxygen atoms in total. The predicted octanol–water partition coefficient (Wildman–Crippen LogP) is 3.61. The van der Waals surface area contributed by atoms with Gasteiger partial charge in [-0.2, -0.15) is 0 Å². The van der Waals surface area contributed by atoms with Crippen LogP contribution in [-0.4, -0.2) is 75.9 Å². The number of benzene rings is 1. The van der Waals surface area contributed by atoms with Crippen molar-refractivity contribution in [2.24, 2.45) is 5.92 Å². The average molecular weight is 551 g/mol. The van der Waals surface area contributed by atoms with Gasteiger partial charge < -0.3 is 29.9 Å². The third-order valence-electron chi connectivity index (χ3n) is 7.14. The van der Waals surface area contributed by atoms with Crippen LogP contribution in [0.15, 0.2) is 47.2 Å². The number of aliphatic hydroxyl groups excluding tert-OH is 1. The fraction of sp³-hybridized carbons (Fsp3) is 0.448. The van der Waals surface area contributed by atoms with E-state index in [0.29, 0.717) is 47.2 Å². The number of carbonyl (C=O) groups excluding carboxylic acids is 2. The van der Waals surface area contributed by atoms with Gasteiger partial charge in [0.15, 0.2) is 5.76 Å². The van der Waals surface area contributed by atoms with Crippen molar-refractivity contribution >= 4 is 23.3 Å². The number of urea groups is 1. The molecule has 0 saturated carbocycles. The zero-order chi connectivity index (χ0) is 28.8. The fourth-order valence-electron chi connectivity index (χ4n) is 4.83. The average Bonchev–Trinajstić information content (AvgIpc) is 3.25. The van der Waals surface area contributed by atoms with Crippen molar-refractivity contribution in [3.05, 3.63) is 65.3 Å². The van der Waals surface area contributed by atoms with E-state index in [-0.39, 0.29) is 37.0 Å². The molecule has 0 radical (unpaired) electrons. The first-order valence-corrected chi connectivity index (χ1v) is 13.4. The van der Waals surface area contributed by atoms with Crippen molar-refractivity contribution < 1.29 is 24.0 Å². The standard InChI is InChI=1S/C29H38N6O5/c1-18-14-35(19(2)17-36)27(37)13-23-12-24(31-29(38)32-28-20(3)33-40-21(28)4)6-7-25(23)39-26(18)16-34(5)15-22-8-10-30-11-9-22/h6-12,18-19,26,36H,13-17H2,1-5H3,(H2,31,32,38)/t18-,19+,26+/m0/s1. The van der Waals surface area contributed by atoms with E-state index in [0.717, 1.165) is 12.1 Å². The van der Waals surface area contributed by atoms with E-state index in [1.165, 1.54) is 0 Å². The molecule has 0 saturated heterocycles. The van der Waals surface area contributed by atoms with Crippen molar-refractivity contribution in [1.29, 1.82) is 0 Å². The molecule has 214 valence electrons. The minimum Gasteiger partial charge on any atom is -0.488 e. The zero-order valence-electron chi connectivity index (χ0n) is 23.7. The first-order valence-electron chi connectivity index (χ1n) is 13.4. The van der Waals surface area contributed by atoms with Crippen LogP contribution in [-0.2, 0) is 17.8 Å². The number of nitrogens with one attached hydrogen (secondary N) is 2. The largest absolute Gasteiger partial charge is 0.488 e. The number of fused-ring (bicyclic) bond motifs is 1. The van der Waals surface area contributed by atoms with Crippen LogP contribution in [0.1, 0.15) is 36.4 Å². The lowest BCUT2D eigenvalue weighted by molar-refractivity contribution is -0.134. The van der Waals surface area contributed by atoms with Crippen molar-refractivity contribution in [1.82, 2.24) is 19.9 Å². The van der Waals surface area contributed by atoms with Gasteiger partial charge in [0.25, 0.3) is 0 Å². The molecule has 1 aliphatic heterocycles. The van der Waals surface area contributed by atoms with Gasteiger partial charge in [0.1, 0.15) is 23.2 Å². The quantitative estimate of drug-likeness (QED) is 0.387. The van der Waals surface area contributed by atoms with E-state index in [1.807, 2.05) is 26.1 Å². The maximum absolute atomic E-state index is 13.4. The van der Waals surface area contributed by atoms with Crippen molar-refractivity contribution in [2.75, 3.05) is 37.4 Å². The van der Waals surface area contributed by atoms with Gasteiger partial charge in [-0.25, -0.2) is 4.79 Å². The van der Waals surface area contributed by atoms with Gasteiger partial charge >= 0.3 is 6.03 Å². The molecule has 1 aromatic carbocycles. The summed E-state index contributed by atoms with van der Waals surface area (Å²) in [6, 6.07) is 8.48. The molecule has 40 heavy (non-hydrogen) atoms. The number of nitrogens with zero attached hydrogens (tertiary/aromatic N) is 4. The summed E-state index contributed by atoms with van der Waals surface area (Å²) in [6.07, 6.45) is 3.40. The molecular formula is C29H38N6O5. The summed E-state index contributed by atoms with van der Waals surface area (Å²) in [4.78, 5) is 34.2. The molecule has 3 amide bonds. The monoisotopic (exact) mass is 550 g/mol. The Kier molecular flexibility index (Phi) is 9.38. The molecule has 4 rings (SSSR count). The van der Waals surface area contributed by atoms with Crippen LogP contribution >= 0.6 is 0 Å². The summed E-state index contributed by atoms with van der Waals surface area (Å²) >= 11 is 0. The van der Waals surface area contributed by atoms with Gasteiger partial charge in [0.2, 0.25) is 5.91 Å². The van der Waals surface area contributed by atoms with Crippen molar-refractivity contribution in [3.63, 3.8) is 0 Å². The Balaban J connectivity index is 1.57. The number of likely N-dealkylation sites (N-methyl/N-ethyl adjacent to an activating group) is 1. The van der Waals surface area contributed by atoms with Crippen molar-refractivity contribution in [2.45, 2.75) is 52.8 Å². The Morgan fingerprint density at radius 3 is 2.65 bits per heavy atom. The van der Waals surface area contributed by atoms with Gasteiger partial charge in [-0.05, 0) is 63.7 Å². The summed E-state index contributed by atoms with van der Waals surface area (Å²) in [6.45, 7) is 9.03. The molecule has 0 spiro atoms. The number of hydrogen-bond acceptors (Lipinski definition) is 8. The van der Waals surface area contributed by atoms with Crippen LogP contribution in [0, 0.1) is 19.8 Å². The zero-order valence-corrected chi connectivity index (χ0v) is 23.7. The Morgan fingerprint density at radius 2 is 1.98 bits per heavy atom. The Bertz CT molecular complexity index is 1290. The number of anilines is 2. The Morgan fingerprint density at radius 1 is 1.23 bits per heavy atom. The second kappa shape index (κ2) is 12.9. The smallest absolute Gasteiger partial charge is 0.323 e. The molecule has 0 fully saturated rings. The molecular weight excluding hydrogens is 512 g/mol. The number of carbonyl (C=O) groups is 2. The van der Waals surface area contributed by atoms with Crippen LogP contribution < -0.4 is 15.4 Å². The lowest BCUT2D eigenvalue weighted by Crippen LogP contribution is -2.47. The predicted molar refractivity (Wildman–Crippen MR) is 151 cm³/mol. The molecule has 1 aliphatic rings. The Labute approximate surface area is 234 Å². The topological polar surface area (TPSA) is 133 Å². The van der Waals surface area contributed by atoms with E-state index < -0.39 is 6.03 Å². The summed E-state index contributed by atoms with van der Waals surface area (Å²) in [5.74, 6) is 0.981. The minimum absolute atomic E-state index is 0.0116. The maximum Gasteiger partial charge on any atom is 0.323 e. The maximum atomic E-state index is 13.4. The number of ether oxygens (including phenoxy) is 1. The first-order chi connectivity index (χ1) is 19.1. The number of hydrogen-bond donors (Lipinski definition) is 3. The molecule has 3 atom stereocenters. The Hall–Kier alpha value is -3.96. The normalized spacial score (nSPS) is 18.3. The summed E-state index contributed by atoms with van der Waals surface area (Å²) in [5, 5.41) is 19.3. The number of aliphatic hydroxyl groups is 1. The number of amides is 3. The molecule has 3 heterocycles. The van der Waals surface area contributed by atoms with Crippen LogP contribution in [0.3, 0.4) is 0 Å². The second-order valence-corrected chi connectivity index (χ2v) is 10.5. The summed E-state index contributed by atoms with van der Waals surface area (Å²) < 4.78 is 11.7. The van der Waals surface area contributed by atoms with Gasteiger partial charge in [-0.15, -0.1) is 0 Å². The molecule has 3 aromatic rings. The molecule has 2 aromatic heterocycles. The molecule has 0 aliphatic carbocycles. The third-order valence-corrected chi connectivity index (χ3v) is 7.14. The lowest BCUT2D eigenvalue weighted by Gasteiger charge is -2.34. The number of aromatic nitrogens is 2. The van der Waals surface area contributed by atoms with Crippen LogP contribution in [0.5, 0.6) is 5.75 Å². The van der Waals surface area contributed by atoms with E-state index >= 15 is 0 Å². The van der Waals surface area contributed by atoms with Gasteiger partial charge in [0, 0.05) is 49.2 Å². The number of rotatable bonds is 8.